The third-order valence-corrected chi connectivity index (χ3v) is 5.20. The smallest absolute Gasteiger partial charge is 0.253 e. The Bertz CT molecular complexity index is 852. The van der Waals surface area contributed by atoms with Crippen molar-refractivity contribution in [3.05, 3.63) is 36.3 Å². The lowest BCUT2D eigenvalue weighted by molar-refractivity contribution is -0.0361. The van der Waals surface area contributed by atoms with Crippen LogP contribution in [-0.4, -0.2) is 38.3 Å². The quantitative estimate of drug-likeness (QED) is 0.705. The zero-order valence-corrected chi connectivity index (χ0v) is 16.0. The van der Waals surface area contributed by atoms with E-state index in [1.54, 1.807) is 10.7 Å². The van der Waals surface area contributed by atoms with Crippen LogP contribution in [0.25, 0.3) is 11.7 Å². The summed E-state index contributed by atoms with van der Waals surface area (Å²) < 4.78 is 34.0. The van der Waals surface area contributed by atoms with Crippen LogP contribution in [0.3, 0.4) is 0 Å². The molecular formula is C20H25F2N5O. The normalized spacial score (nSPS) is 19.4. The maximum atomic E-state index is 13.4. The molecule has 0 aliphatic heterocycles. The molecule has 1 N–H and O–H groups in total. The molecule has 2 aromatic heterocycles. The molecule has 4 rings (SSSR count). The SMILES string of the molecule is C=C(OCC)c1cc(NC2CCC(F)(F)CC2)nc(-n2ccc(C3CC3)n2)n1. The first-order valence-corrected chi connectivity index (χ1v) is 9.85. The maximum absolute atomic E-state index is 13.4. The third kappa shape index (κ3) is 4.31. The van der Waals surface area contributed by atoms with Gasteiger partial charge in [0.15, 0.2) is 0 Å². The standard InChI is InChI=1S/C20H25F2N5O/c1-3-28-13(2)17-12-18(23-15-6-9-20(21,22)10-7-15)25-19(24-17)27-11-8-16(26-27)14-4-5-14/h8,11-12,14-15H,2-7,9-10H2,1H3,(H,23,24,25). The number of aromatic nitrogens is 4. The van der Waals surface area contributed by atoms with Crippen molar-refractivity contribution >= 4 is 11.6 Å². The maximum Gasteiger partial charge on any atom is 0.253 e. The van der Waals surface area contributed by atoms with Gasteiger partial charge in [0, 0.05) is 37.1 Å². The number of anilines is 1. The van der Waals surface area contributed by atoms with E-state index in [1.165, 1.54) is 0 Å². The van der Waals surface area contributed by atoms with Gasteiger partial charge in [-0.2, -0.15) is 10.1 Å². The van der Waals surface area contributed by atoms with Crippen molar-refractivity contribution in [2.24, 2.45) is 0 Å². The Balaban J connectivity index is 1.59. The summed E-state index contributed by atoms with van der Waals surface area (Å²) >= 11 is 0. The summed E-state index contributed by atoms with van der Waals surface area (Å²) in [5, 5.41) is 7.88. The summed E-state index contributed by atoms with van der Waals surface area (Å²) in [6.45, 7) is 6.29. The van der Waals surface area contributed by atoms with Crippen molar-refractivity contribution in [3.63, 3.8) is 0 Å². The average Bonchev–Trinajstić information content (AvgIpc) is 3.40. The summed E-state index contributed by atoms with van der Waals surface area (Å²) in [6, 6.07) is 3.69. The molecule has 6 nitrogen and oxygen atoms in total. The Morgan fingerprint density at radius 2 is 2.04 bits per heavy atom. The van der Waals surface area contributed by atoms with Gasteiger partial charge in [0.05, 0.1) is 12.3 Å². The van der Waals surface area contributed by atoms with E-state index < -0.39 is 5.92 Å². The van der Waals surface area contributed by atoms with Crippen LogP contribution >= 0.6 is 0 Å². The highest BCUT2D eigenvalue weighted by Gasteiger charge is 2.35. The first-order chi connectivity index (χ1) is 13.4. The van der Waals surface area contributed by atoms with E-state index in [0.717, 1.165) is 18.5 Å². The number of alkyl halides is 2. The van der Waals surface area contributed by atoms with E-state index >= 15 is 0 Å². The molecule has 0 bridgehead atoms. The van der Waals surface area contributed by atoms with Crippen molar-refractivity contribution in [1.82, 2.24) is 19.7 Å². The Kier molecular flexibility index (Phi) is 5.03. The van der Waals surface area contributed by atoms with E-state index in [4.69, 9.17) is 4.74 Å². The fourth-order valence-corrected chi connectivity index (χ4v) is 3.44. The first kappa shape index (κ1) is 18.8. The highest BCUT2D eigenvalue weighted by atomic mass is 19.3. The highest BCUT2D eigenvalue weighted by molar-refractivity contribution is 5.58. The van der Waals surface area contributed by atoms with Crippen LogP contribution in [0.1, 0.15) is 62.8 Å². The van der Waals surface area contributed by atoms with Crippen molar-refractivity contribution in [2.45, 2.75) is 63.3 Å². The summed E-state index contributed by atoms with van der Waals surface area (Å²) in [4.78, 5) is 9.10. The molecule has 0 atom stereocenters. The molecule has 0 aromatic carbocycles. The third-order valence-electron chi connectivity index (χ3n) is 5.20. The van der Waals surface area contributed by atoms with E-state index in [9.17, 15) is 8.78 Å². The molecule has 2 aliphatic rings. The molecule has 0 spiro atoms. The van der Waals surface area contributed by atoms with Gasteiger partial charge in [0.1, 0.15) is 17.3 Å². The minimum absolute atomic E-state index is 0.0461. The lowest BCUT2D eigenvalue weighted by atomic mass is 9.92. The van der Waals surface area contributed by atoms with Crippen LogP contribution in [0.15, 0.2) is 24.9 Å². The Morgan fingerprint density at radius 3 is 2.71 bits per heavy atom. The van der Waals surface area contributed by atoms with E-state index in [1.807, 2.05) is 19.2 Å². The second-order valence-electron chi connectivity index (χ2n) is 7.53. The second kappa shape index (κ2) is 7.48. The van der Waals surface area contributed by atoms with Gasteiger partial charge in [-0.15, -0.1) is 0 Å². The van der Waals surface area contributed by atoms with Gasteiger partial charge >= 0.3 is 0 Å². The highest BCUT2D eigenvalue weighted by Crippen LogP contribution is 2.39. The number of hydrogen-bond donors (Lipinski definition) is 1. The van der Waals surface area contributed by atoms with Gasteiger partial charge in [-0.05, 0) is 38.7 Å². The predicted octanol–water partition coefficient (Wildman–Crippen LogP) is 4.54. The monoisotopic (exact) mass is 389 g/mol. The molecule has 0 amide bonds. The molecule has 2 fully saturated rings. The van der Waals surface area contributed by atoms with Crippen LogP contribution < -0.4 is 5.32 Å². The minimum Gasteiger partial charge on any atom is -0.492 e. The van der Waals surface area contributed by atoms with Gasteiger partial charge in [-0.1, -0.05) is 6.58 Å². The average molecular weight is 389 g/mol. The van der Waals surface area contributed by atoms with Gasteiger partial charge in [0.25, 0.3) is 5.95 Å². The number of nitrogens with one attached hydrogen (secondary N) is 1. The number of nitrogens with zero attached hydrogens (tertiary/aromatic N) is 4. The van der Waals surface area contributed by atoms with Crippen LogP contribution in [0.4, 0.5) is 14.6 Å². The second-order valence-corrected chi connectivity index (χ2v) is 7.53. The van der Waals surface area contributed by atoms with Crippen LogP contribution in [0, 0.1) is 0 Å². The van der Waals surface area contributed by atoms with E-state index in [0.29, 0.717) is 48.6 Å². The first-order valence-electron chi connectivity index (χ1n) is 9.85. The molecule has 2 heterocycles. The zero-order valence-electron chi connectivity index (χ0n) is 16.0. The van der Waals surface area contributed by atoms with Crippen LogP contribution in [0.2, 0.25) is 0 Å². The van der Waals surface area contributed by atoms with Gasteiger partial charge in [-0.3, -0.25) is 0 Å². The molecule has 2 saturated carbocycles. The molecule has 0 saturated heterocycles. The minimum atomic E-state index is -2.56. The topological polar surface area (TPSA) is 64.9 Å². The fourth-order valence-electron chi connectivity index (χ4n) is 3.44. The molecule has 2 aliphatic carbocycles. The fraction of sp³-hybridized carbons (Fsp3) is 0.550. The Hall–Kier alpha value is -2.51. The molecule has 0 radical (unpaired) electrons. The summed E-state index contributed by atoms with van der Waals surface area (Å²) in [5.41, 5.74) is 1.60. The van der Waals surface area contributed by atoms with Crippen molar-refractivity contribution < 1.29 is 13.5 Å². The van der Waals surface area contributed by atoms with Crippen LogP contribution in [-0.2, 0) is 4.74 Å². The lowest BCUT2D eigenvalue weighted by Crippen LogP contribution is -2.32. The van der Waals surface area contributed by atoms with E-state index in [2.05, 4.69) is 27.0 Å². The molecular weight excluding hydrogens is 364 g/mol. The molecule has 0 unspecified atom stereocenters. The number of halogens is 2. The Morgan fingerprint density at radius 1 is 1.29 bits per heavy atom. The molecule has 2 aromatic rings. The zero-order chi connectivity index (χ0) is 19.7. The lowest BCUT2D eigenvalue weighted by Gasteiger charge is -2.29. The van der Waals surface area contributed by atoms with Gasteiger partial charge in [0.2, 0.25) is 5.92 Å². The number of rotatable bonds is 7. The predicted molar refractivity (Wildman–Crippen MR) is 103 cm³/mol. The molecule has 8 heteroatoms. The van der Waals surface area contributed by atoms with Crippen molar-refractivity contribution in [3.8, 4) is 5.95 Å². The number of hydrogen-bond acceptors (Lipinski definition) is 5. The van der Waals surface area contributed by atoms with Gasteiger partial charge < -0.3 is 10.1 Å². The largest absolute Gasteiger partial charge is 0.492 e. The van der Waals surface area contributed by atoms with Gasteiger partial charge in [-0.25, -0.2) is 18.4 Å². The summed E-state index contributed by atoms with van der Waals surface area (Å²) in [5.74, 6) is -0.603. The van der Waals surface area contributed by atoms with Crippen molar-refractivity contribution in [2.75, 3.05) is 11.9 Å². The Labute approximate surface area is 163 Å². The van der Waals surface area contributed by atoms with Crippen molar-refractivity contribution in [1.29, 1.82) is 0 Å². The number of ether oxygens (including phenoxy) is 1. The summed E-state index contributed by atoms with van der Waals surface area (Å²) in [6.07, 6.45) is 4.77. The molecule has 28 heavy (non-hydrogen) atoms. The van der Waals surface area contributed by atoms with Crippen LogP contribution in [0.5, 0.6) is 0 Å². The molecule has 150 valence electrons. The van der Waals surface area contributed by atoms with E-state index in [-0.39, 0.29) is 18.9 Å². The summed E-state index contributed by atoms with van der Waals surface area (Å²) in [7, 11) is 0.